The Morgan fingerprint density at radius 3 is 2.84 bits per heavy atom. The van der Waals surface area contributed by atoms with E-state index in [1.807, 2.05) is 20.2 Å². The summed E-state index contributed by atoms with van der Waals surface area (Å²) in [6.07, 6.45) is 1.83. The van der Waals surface area contributed by atoms with Crippen molar-refractivity contribution in [3.05, 3.63) is 50.8 Å². The van der Waals surface area contributed by atoms with E-state index >= 15 is 0 Å². The topological polar surface area (TPSA) is 73.0 Å². The van der Waals surface area contributed by atoms with Crippen molar-refractivity contribution < 1.29 is 4.92 Å². The molecule has 0 radical (unpaired) electrons. The predicted molar refractivity (Wildman–Crippen MR) is 73.4 cm³/mol. The molecule has 1 N–H and O–H groups in total. The van der Waals surface area contributed by atoms with Gasteiger partial charge in [-0.3, -0.25) is 14.8 Å². The zero-order valence-corrected chi connectivity index (χ0v) is 11.3. The van der Waals surface area contributed by atoms with Gasteiger partial charge >= 0.3 is 0 Å². The molecule has 0 spiro atoms. The molecule has 100 valence electrons. The van der Waals surface area contributed by atoms with Gasteiger partial charge in [0.2, 0.25) is 0 Å². The van der Waals surface area contributed by atoms with Gasteiger partial charge in [-0.15, -0.1) is 0 Å². The Balaban J connectivity index is 2.20. The Labute approximate surface area is 115 Å². The highest BCUT2D eigenvalue weighted by Crippen LogP contribution is 2.24. The number of nitro benzene ring substituents is 1. The first-order chi connectivity index (χ1) is 8.97. The molecule has 0 fully saturated rings. The van der Waals surface area contributed by atoms with Crippen LogP contribution in [0, 0.1) is 17.0 Å². The third-order valence-electron chi connectivity index (χ3n) is 2.73. The van der Waals surface area contributed by atoms with E-state index in [4.69, 9.17) is 11.6 Å². The molecule has 0 atom stereocenters. The van der Waals surface area contributed by atoms with E-state index in [0.717, 1.165) is 11.4 Å². The van der Waals surface area contributed by atoms with Crippen LogP contribution in [0.5, 0.6) is 0 Å². The quantitative estimate of drug-likeness (QED) is 0.690. The van der Waals surface area contributed by atoms with Crippen molar-refractivity contribution in [1.82, 2.24) is 9.78 Å². The lowest BCUT2D eigenvalue weighted by atomic mass is 10.2. The maximum absolute atomic E-state index is 11.0. The molecule has 0 saturated heterocycles. The molecule has 0 unspecified atom stereocenters. The van der Waals surface area contributed by atoms with E-state index < -0.39 is 4.92 Å². The van der Waals surface area contributed by atoms with E-state index in [1.165, 1.54) is 6.07 Å². The van der Waals surface area contributed by atoms with Gasteiger partial charge in [-0.25, -0.2) is 0 Å². The first-order valence-corrected chi connectivity index (χ1v) is 6.02. The monoisotopic (exact) mass is 280 g/mol. The summed E-state index contributed by atoms with van der Waals surface area (Å²) < 4.78 is 1.69. The summed E-state index contributed by atoms with van der Waals surface area (Å²) in [5.74, 6) is 0. The Morgan fingerprint density at radius 2 is 2.26 bits per heavy atom. The van der Waals surface area contributed by atoms with E-state index in [1.54, 1.807) is 16.8 Å². The fraction of sp³-hybridized carbons (Fsp3) is 0.250. The average molecular weight is 281 g/mol. The summed E-state index contributed by atoms with van der Waals surface area (Å²) in [6, 6.07) is 4.65. The van der Waals surface area contributed by atoms with Crippen LogP contribution in [0.15, 0.2) is 24.4 Å². The van der Waals surface area contributed by atoms with Gasteiger partial charge in [0.25, 0.3) is 5.69 Å². The smallest absolute Gasteiger partial charge is 0.275 e. The summed E-state index contributed by atoms with van der Waals surface area (Å²) in [5.41, 5.74) is 2.30. The van der Waals surface area contributed by atoms with E-state index in [9.17, 15) is 10.1 Å². The number of aromatic nitrogens is 2. The summed E-state index contributed by atoms with van der Waals surface area (Å²) in [7, 11) is 1.82. The van der Waals surface area contributed by atoms with Crippen molar-refractivity contribution in [2.45, 2.75) is 13.5 Å². The molecule has 0 aliphatic heterocycles. The Kier molecular flexibility index (Phi) is 3.71. The lowest BCUT2D eigenvalue weighted by molar-refractivity contribution is -0.385. The Bertz CT molecular complexity index is 624. The summed E-state index contributed by atoms with van der Waals surface area (Å²) in [5, 5.41) is 18.6. The van der Waals surface area contributed by atoms with Gasteiger partial charge in [-0.2, -0.15) is 5.10 Å². The molecular formula is C12H13ClN4O2. The minimum absolute atomic E-state index is 0.0153. The first kappa shape index (κ1) is 13.4. The molecule has 0 aliphatic rings. The van der Waals surface area contributed by atoms with Crippen LogP contribution in [0.4, 0.5) is 11.4 Å². The van der Waals surface area contributed by atoms with Gasteiger partial charge in [0, 0.05) is 36.4 Å². The maximum Gasteiger partial charge on any atom is 0.275 e. The highest BCUT2D eigenvalue weighted by Gasteiger charge is 2.14. The average Bonchev–Trinajstić information content (AvgIpc) is 2.66. The molecular weight excluding hydrogens is 268 g/mol. The molecule has 2 rings (SSSR count). The molecule has 0 aliphatic carbocycles. The lowest BCUT2D eigenvalue weighted by Crippen LogP contribution is -2.03. The Hall–Kier alpha value is -2.08. The number of nitro groups is 1. The molecule has 7 heteroatoms. The number of halogens is 1. The zero-order valence-electron chi connectivity index (χ0n) is 10.6. The van der Waals surface area contributed by atoms with Crippen LogP contribution in [0.2, 0.25) is 5.02 Å². The third kappa shape index (κ3) is 3.03. The standard InChI is InChI=1S/C12H13ClN4O2/c1-8-11(7-16(2)15-8)14-6-9-3-4-10(13)5-12(9)17(18)19/h3-5,7,14H,6H2,1-2H3. The van der Waals surface area contributed by atoms with Gasteiger partial charge in [0.15, 0.2) is 0 Å². The normalized spacial score (nSPS) is 10.5. The number of anilines is 1. The molecule has 0 bridgehead atoms. The van der Waals surface area contributed by atoms with Crippen LogP contribution in [0.1, 0.15) is 11.3 Å². The van der Waals surface area contributed by atoms with Crippen molar-refractivity contribution >= 4 is 23.0 Å². The Morgan fingerprint density at radius 1 is 1.53 bits per heavy atom. The van der Waals surface area contributed by atoms with Crippen LogP contribution in [-0.4, -0.2) is 14.7 Å². The molecule has 1 heterocycles. The second-order valence-corrected chi connectivity index (χ2v) is 4.62. The predicted octanol–water partition coefficient (Wildman–Crippen LogP) is 2.90. The third-order valence-corrected chi connectivity index (χ3v) is 2.96. The van der Waals surface area contributed by atoms with E-state index in [2.05, 4.69) is 10.4 Å². The highest BCUT2D eigenvalue weighted by molar-refractivity contribution is 6.30. The number of benzene rings is 1. The highest BCUT2D eigenvalue weighted by atomic mass is 35.5. The summed E-state index contributed by atoms with van der Waals surface area (Å²) >= 11 is 5.77. The largest absolute Gasteiger partial charge is 0.378 e. The maximum atomic E-state index is 11.0. The lowest BCUT2D eigenvalue weighted by Gasteiger charge is -2.06. The zero-order chi connectivity index (χ0) is 14.0. The van der Waals surface area contributed by atoms with Crippen LogP contribution in [0.25, 0.3) is 0 Å². The van der Waals surface area contributed by atoms with E-state index in [-0.39, 0.29) is 5.69 Å². The van der Waals surface area contributed by atoms with Gasteiger partial charge in [-0.05, 0) is 19.1 Å². The number of aryl methyl sites for hydroxylation is 2. The number of hydrogen-bond acceptors (Lipinski definition) is 4. The van der Waals surface area contributed by atoms with Gasteiger partial charge < -0.3 is 5.32 Å². The van der Waals surface area contributed by atoms with Crippen molar-refractivity contribution in [3.8, 4) is 0 Å². The van der Waals surface area contributed by atoms with Crippen LogP contribution >= 0.6 is 11.6 Å². The van der Waals surface area contributed by atoms with Crippen LogP contribution < -0.4 is 5.32 Å². The fourth-order valence-electron chi connectivity index (χ4n) is 1.82. The second-order valence-electron chi connectivity index (χ2n) is 4.19. The van der Waals surface area contributed by atoms with Crippen LogP contribution in [-0.2, 0) is 13.6 Å². The molecule has 2 aromatic rings. The fourth-order valence-corrected chi connectivity index (χ4v) is 1.99. The molecule has 6 nitrogen and oxygen atoms in total. The second kappa shape index (κ2) is 5.27. The summed E-state index contributed by atoms with van der Waals surface area (Å²) in [6.45, 7) is 2.22. The minimum Gasteiger partial charge on any atom is -0.378 e. The molecule has 1 aromatic carbocycles. The molecule has 1 aromatic heterocycles. The van der Waals surface area contributed by atoms with Gasteiger partial charge in [0.1, 0.15) is 0 Å². The van der Waals surface area contributed by atoms with E-state index in [0.29, 0.717) is 17.1 Å². The van der Waals surface area contributed by atoms with Crippen LogP contribution in [0.3, 0.4) is 0 Å². The molecule has 0 amide bonds. The van der Waals surface area contributed by atoms with Crippen molar-refractivity contribution in [1.29, 1.82) is 0 Å². The molecule has 19 heavy (non-hydrogen) atoms. The SMILES string of the molecule is Cc1nn(C)cc1NCc1ccc(Cl)cc1[N+](=O)[O-]. The molecule has 0 saturated carbocycles. The minimum atomic E-state index is -0.432. The van der Waals surface area contributed by atoms with Crippen molar-refractivity contribution in [3.63, 3.8) is 0 Å². The number of nitrogens with zero attached hydrogens (tertiary/aromatic N) is 3. The van der Waals surface area contributed by atoms with Gasteiger partial charge in [-0.1, -0.05) is 11.6 Å². The van der Waals surface area contributed by atoms with Gasteiger partial charge in [0.05, 0.1) is 16.3 Å². The van der Waals surface area contributed by atoms with Crippen molar-refractivity contribution in [2.75, 3.05) is 5.32 Å². The summed E-state index contributed by atoms with van der Waals surface area (Å²) in [4.78, 5) is 10.5. The number of rotatable bonds is 4. The number of nitrogens with one attached hydrogen (secondary N) is 1. The number of hydrogen-bond donors (Lipinski definition) is 1. The van der Waals surface area contributed by atoms with Crippen molar-refractivity contribution in [2.24, 2.45) is 7.05 Å². The first-order valence-electron chi connectivity index (χ1n) is 5.64.